The maximum absolute atomic E-state index is 13.8. The fourth-order valence-electron chi connectivity index (χ4n) is 7.49. The zero-order chi connectivity index (χ0) is 34.0. The maximum Gasteiger partial charge on any atom is 0.290 e. The molecule has 7 heterocycles. The number of thiophene rings is 1. The Labute approximate surface area is 287 Å². The first-order valence-corrected chi connectivity index (χ1v) is 17.6. The van der Waals surface area contributed by atoms with Gasteiger partial charge in [0, 0.05) is 66.5 Å². The molecular weight excluding hydrogens is 641 g/mol. The van der Waals surface area contributed by atoms with Crippen LogP contribution in [0.25, 0.3) is 27.0 Å². The molecule has 0 radical (unpaired) electrons. The molecule has 0 saturated carbocycles. The third kappa shape index (κ3) is 5.64. The molecule has 1 aliphatic carbocycles. The van der Waals surface area contributed by atoms with Crippen molar-refractivity contribution in [1.82, 2.24) is 29.2 Å². The fourth-order valence-corrected chi connectivity index (χ4v) is 8.97. The van der Waals surface area contributed by atoms with Crippen LogP contribution in [0.1, 0.15) is 36.8 Å². The van der Waals surface area contributed by atoms with Gasteiger partial charge in [0.1, 0.15) is 16.2 Å². The van der Waals surface area contributed by atoms with E-state index in [4.69, 9.17) is 4.74 Å². The van der Waals surface area contributed by atoms with Crippen molar-refractivity contribution in [2.75, 3.05) is 43.1 Å². The minimum Gasteiger partial charge on any atom is -0.392 e. The lowest BCUT2D eigenvalue weighted by Crippen LogP contribution is -2.59. The molecule has 12 nitrogen and oxygen atoms in total. The number of aryl methyl sites for hydroxylation is 1. The molecule has 254 valence electrons. The summed E-state index contributed by atoms with van der Waals surface area (Å²) in [5.74, 6) is 0.807. The Bertz CT molecular complexity index is 2190. The summed E-state index contributed by atoms with van der Waals surface area (Å²) in [5.41, 5.74) is 4.03. The number of hydrogen-bond acceptors (Lipinski definition) is 11. The lowest BCUT2D eigenvalue weighted by Gasteiger charge is -2.46. The average Bonchev–Trinajstić information content (AvgIpc) is 3.55. The van der Waals surface area contributed by atoms with Gasteiger partial charge < -0.3 is 24.6 Å². The molecule has 1 atom stereocenters. The molecular formula is C36H40N8O4S. The number of ether oxygens (including phenoxy) is 1. The number of rotatable bonds is 7. The highest BCUT2D eigenvalue weighted by atomic mass is 32.1. The van der Waals surface area contributed by atoms with E-state index in [1.54, 1.807) is 37.8 Å². The Morgan fingerprint density at radius 2 is 1.92 bits per heavy atom. The summed E-state index contributed by atoms with van der Waals surface area (Å²) < 4.78 is 8.81. The van der Waals surface area contributed by atoms with Gasteiger partial charge in [-0.25, -0.2) is 9.97 Å². The Kier molecular flexibility index (Phi) is 7.90. The normalized spacial score (nSPS) is 19.3. The largest absolute Gasteiger partial charge is 0.392 e. The van der Waals surface area contributed by atoms with Gasteiger partial charge in [0.2, 0.25) is 0 Å². The molecule has 0 bridgehead atoms. The number of aromatic nitrogens is 5. The summed E-state index contributed by atoms with van der Waals surface area (Å²) in [7, 11) is 1.68. The second-order valence-electron chi connectivity index (χ2n) is 14.3. The molecule has 13 heteroatoms. The molecule has 2 aliphatic heterocycles. The summed E-state index contributed by atoms with van der Waals surface area (Å²) in [6.07, 6.45) is 8.76. The Morgan fingerprint density at radius 3 is 2.63 bits per heavy atom. The zero-order valence-corrected chi connectivity index (χ0v) is 29.0. The standard InChI is InChI=1S/C36H40N8O4S/c1-21-16-42(24-19-48-20-24)9-10-43(21)23-5-6-31(38-14-23)40-29-11-22(17-41(4)34(29)46)25-7-8-37-33(28(25)18-45)44-35(47)32-27(15-39-44)26-12-36(2,3)13-30(26)49-32/h5-8,11,14-15,17,21,24,45H,9-10,12-13,16,18-20H2,1-4H3,(H,38,40)/t21-/m0/s1. The van der Waals surface area contributed by atoms with E-state index in [9.17, 15) is 14.7 Å². The van der Waals surface area contributed by atoms with Crippen LogP contribution in [0, 0.1) is 5.41 Å². The monoisotopic (exact) mass is 680 g/mol. The predicted octanol–water partition coefficient (Wildman–Crippen LogP) is 3.87. The molecule has 0 amide bonds. The van der Waals surface area contributed by atoms with Crippen LogP contribution in [-0.4, -0.2) is 79.3 Å². The van der Waals surface area contributed by atoms with E-state index < -0.39 is 0 Å². The topological polar surface area (TPSA) is 131 Å². The first kappa shape index (κ1) is 31.8. The summed E-state index contributed by atoms with van der Waals surface area (Å²) in [5, 5.41) is 19.3. The molecule has 2 fully saturated rings. The van der Waals surface area contributed by atoms with Crippen LogP contribution in [0.5, 0.6) is 0 Å². The summed E-state index contributed by atoms with van der Waals surface area (Å²) in [4.78, 5) is 42.3. The van der Waals surface area contributed by atoms with Gasteiger partial charge in [0.15, 0.2) is 5.82 Å². The number of aliphatic hydroxyl groups is 1. The van der Waals surface area contributed by atoms with Crippen molar-refractivity contribution in [2.24, 2.45) is 12.5 Å². The number of anilines is 3. The minimum atomic E-state index is -0.379. The Balaban J connectivity index is 1.07. The highest BCUT2D eigenvalue weighted by Gasteiger charge is 2.34. The van der Waals surface area contributed by atoms with Crippen LogP contribution in [0.4, 0.5) is 17.2 Å². The lowest BCUT2D eigenvalue weighted by atomic mass is 9.90. The van der Waals surface area contributed by atoms with Gasteiger partial charge in [-0.15, -0.1) is 11.3 Å². The van der Waals surface area contributed by atoms with Crippen LogP contribution in [0.3, 0.4) is 0 Å². The number of piperazine rings is 1. The molecule has 2 N–H and O–H groups in total. The van der Waals surface area contributed by atoms with E-state index in [1.165, 1.54) is 31.0 Å². The van der Waals surface area contributed by atoms with Crippen molar-refractivity contribution in [2.45, 2.75) is 52.3 Å². The molecule has 0 aromatic carbocycles. The molecule has 5 aromatic rings. The summed E-state index contributed by atoms with van der Waals surface area (Å²) in [6, 6.07) is 8.31. The second kappa shape index (κ2) is 12.2. The van der Waals surface area contributed by atoms with Crippen LogP contribution in [0.2, 0.25) is 0 Å². The van der Waals surface area contributed by atoms with Gasteiger partial charge in [-0.3, -0.25) is 14.5 Å². The zero-order valence-electron chi connectivity index (χ0n) is 28.1. The quantitative estimate of drug-likeness (QED) is 0.261. The van der Waals surface area contributed by atoms with E-state index in [-0.39, 0.29) is 29.0 Å². The van der Waals surface area contributed by atoms with E-state index >= 15 is 0 Å². The highest BCUT2D eigenvalue weighted by Crippen LogP contribution is 2.43. The van der Waals surface area contributed by atoms with E-state index in [2.05, 4.69) is 51.0 Å². The number of hydrogen-bond donors (Lipinski definition) is 2. The second-order valence-corrected chi connectivity index (χ2v) is 15.4. The smallest absolute Gasteiger partial charge is 0.290 e. The van der Waals surface area contributed by atoms with Crippen molar-refractivity contribution in [3.8, 4) is 16.9 Å². The van der Waals surface area contributed by atoms with E-state index in [1.807, 2.05) is 18.3 Å². The van der Waals surface area contributed by atoms with E-state index in [0.29, 0.717) is 45.0 Å². The Hall–Kier alpha value is -4.43. The molecule has 0 unspecified atom stereocenters. The average molecular weight is 681 g/mol. The predicted molar refractivity (Wildman–Crippen MR) is 191 cm³/mol. The summed E-state index contributed by atoms with van der Waals surface area (Å²) >= 11 is 1.53. The number of fused-ring (bicyclic) bond motifs is 3. The van der Waals surface area contributed by atoms with Gasteiger partial charge in [0.05, 0.1) is 43.9 Å². The van der Waals surface area contributed by atoms with E-state index in [0.717, 1.165) is 56.8 Å². The van der Waals surface area contributed by atoms with Crippen molar-refractivity contribution in [3.05, 3.63) is 85.8 Å². The first-order chi connectivity index (χ1) is 23.6. The van der Waals surface area contributed by atoms with Gasteiger partial charge >= 0.3 is 0 Å². The fraction of sp³-hybridized carbons (Fsp3) is 0.417. The number of pyridine rings is 3. The van der Waals surface area contributed by atoms with Crippen LogP contribution in [-0.2, 0) is 31.2 Å². The first-order valence-electron chi connectivity index (χ1n) is 16.7. The van der Waals surface area contributed by atoms with Crippen LogP contribution < -0.4 is 21.3 Å². The Morgan fingerprint density at radius 1 is 1.08 bits per heavy atom. The molecule has 0 spiro atoms. The third-order valence-corrected chi connectivity index (χ3v) is 11.4. The molecule has 8 rings (SSSR count). The lowest BCUT2D eigenvalue weighted by molar-refractivity contribution is -0.0691. The highest BCUT2D eigenvalue weighted by molar-refractivity contribution is 7.19. The van der Waals surface area contributed by atoms with Crippen LogP contribution >= 0.6 is 11.3 Å². The molecule has 3 aliphatic rings. The van der Waals surface area contributed by atoms with Crippen molar-refractivity contribution < 1.29 is 9.84 Å². The van der Waals surface area contributed by atoms with Gasteiger partial charge in [-0.1, -0.05) is 13.8 Å². The van der Waals surface area contributed by atoms with Crippen LogP contribution in [0.15, 0.2) is 58.6 Å². The van der Waals surface area contributed by atoms with Gasteiger partial charge in [-0.2, -0.15) is 9.78 Å². The minimum absolute atomic E-state index is 0.174. The van der Waals surface area contributed by atoms with Gasteiger partial charge in [-0.05, 0) is 60.6 Å². The number of aliphatic hydroxyl groups excluding tert-OH is 1. The van der Waals surface area contributed by atoms with Crippen molar-refractivity contribution >= 4 is 38.6 Å². The number of nitrogens with one attached hydrogen (secondary N) is 1. The molecule has 2 saturated heterocycles. The van der Waals surface area contributed by atoms with Crippen molar-refractivity contribution in [1.29, 1.82) is 0 Å². The third-order valence-electron chi connectivity index (χ3n) is 10.1. The van der Waals surface area contributed by atoms with Gasteiger partial charge in [0.25, 0.3) is 11.1 Å². The maximum atomic E-state index is 13.8. The molecule has 5 aromatic heterocycles. The summed E-state index contributed by atoms with van der Waals surface area (Å²) in [6.45, 7) is 10.9. The SMILES string of the molecule is C[C@H]1CN(C2COC2)CCN1c1ccc(Nc2cc(-c3ccnc(-n4ncc5c6c(sc5c4=O)CC(C)(C)C6)c3CO)cn(C)c2=O)nc1. The number of nitrogens with zero attached hydrogens (tertiary/aromatic N) is 7. The van der Waals surface area contributed by atoms with Crippen molar-refractivity contribution in [3.63, 3.8) is 0 Å². The molecule has 49 heavy (non-hydrogen) atoms.